The molecule has 0 aromatic rings. The van der Waals surface area contributed by atoms with Crippen LogP contribution in [0.1, 0.15) is 405 Å². The van der Waals surface area contributed by atoms with Crippen LogP contribution in [-0.2, 0) is 47.9 Å². The summed E-state index contributed by atoms with van der Waals surface area (Å²) in [6, 6.07) is 0. The molecule has 11 saturated heterocycles. The van der Waals surface area contributed by atoms with E-state index < -0.39 is 6.10 Å². The van der Waals surface area contributed by atoms with Crippen LogP contribution in [0.25, 0.3) is 0 Å². The van der Waals surface area contributed by atoms with Crippen LogP contribution < -0.4 is 5.84 Å². The van der Waals surface area contributed by atoms with E-state index in [1.165, 1.54) is 95.6 Å². The molecule has 12 aliphatic heterocycles. The predicted octanol–water partition coefficient (Wildman–Crippen LogP) is 21.5. The zero-order valence-corrected chi connectivity index (χ0v) is 87.9. The molecule has 12 aliphatic carbocycles. The summed E-state index contributed by atoms with van der Waals surface area (Å²) >= 11 is 2.59. The molecule has 6 amide bonds. The Kier molecular flexibility index (Phi) is 26.9. The maximum Gasteiger partial charge on any atom is 0.246 e. The van der Waals surface area contributed by atoms with Gasteiger partial charge in [0.25, 0.3) is 0 Å². The van der Waals surface area contributed by atoms with Gasteiger partial charge in [0.1, 0.15) is 23.1 Å². The fraction of sp³-hybridized carbons (Fsp3) is 0.870. The van der Waals surface area contributed by atoms with Gasteiger partial charge >= 0.3 is 0 Å². The molecular formula is C115H175IN8O11. The zero-order chi connectivity index (χ0) is 95.7. The molecule has 0 aromatic carbocycles. The van der Waals surface area contributed by atoms with E-state index in [1.54, 1.807) is 9.66 Å². The SMILES string of the molecule is CC1CC[C@]2(C)C3CC[C@]4(C)C(=O)CC[C@H]4[C@@H]3CCN2C(=O)C1.C[C@]12CCC3[C@@H](CCN4C(=O)C=CCC[C@]34C)[C@@H]1CCC2=O.C[C@]12CCC3[C@@H](CCN4C(=O)CCCC[C@]34C)[C@@H]1CC/C2=N/N.C[C@]12CCC3[C@@H](CCN4C(=O)CCCC[C@]34C)[C@@H]1CC=C2I.C[C@]12CCC3[C@@H](CCN4C(=O)CCCC[C@]34C)[C@@H]1CCC2=O.C[C@]12CCC3[C@@H](CCN4C(=O)C[C@@H](O)CC[C@]34C)[C@@H]1CCC2=O. The van der Waals surface area contributed by atoms with Gasteiger partial charge in [0.2, 0.25) is 35.4 Å². The van der Waals surface area contributed by atoms with Crippen LogP contribution in [-0.4, -0.2) is 177 Å². The first-order valence-corrected chi connectivity index (χ1v) is 57.2. The summed E-state index contributed by atoms with van der Waals surface area (Å²) in [7, 11) is 0. The Morgan fingerprint density at radius 1 is 0.311 bits per heavy atom. The number of nitrogens with zero attached hydrogens (tertiary/aromatic N) is 7. The quantitative estimate of drug-likeness (QED) is 0.131. The van der Waals surface area contributed by atoms with Crippen LogP contribution >= 0.6 is 22.6 Å². The summed E-state index contributed by atoms with van der Waals surface area (Å²) in [6.07, 6.45) is 57.1. The smallest absolute Gasteiger partial charge is 0.246 e. The maximum absolute atomic E-state index is 12.8. The second-order valence-electron chi connectivity index (χ2n) is 52.6. The molecule has 0 spiro atoms. The van der Waals surface area contributed by atoms with Crippen LogP contribution in [0.3, 0.4) is 0 Å². The predicted molar refractivity (Wildman–Crippen MR) is 536 cm³/mol. The fourth-order valence-electron chi connectivity index (χ4n) is 39.4. The standard InChI is InChI=1S/C20H31NO2.C19H28INO.C19H31N3O.C19H29NO3.C19H29NO2.C19H27NO2/c1-13-6-10-20(3)16-7-9-19(2)15(4-5-17(19)22)14(16)8-11-21(20)18(23)12-13;1-18-11-8-15-13(14(18)6-7-16(18)20)9-12-21-17(22)5-3-4-10-19(15,21)2;1-18-11-8-15-13(14(18)6-7-16(18)21-20)9-12-22-17(23)5-3-4-10-19(15,22)2;1-18-8-6-15-13(14(18)3-4-16(18)22)7-10-20-17(23)11-12(21)5-9-19(15,20)2;2*1-18-11-8-15-13(14(18)6-7-16(18)21)9-12-20-17(22)5-3-4-10-19(15,20)2/h13-16H,4-12H2,1-3H3;7,13-15H,3-6,8-12H2,1-2H3;13-15H,3-12,20H2,1-2H3;12-15,21H,3-11H2,1-2H3;13-15H,3-12H2,1-2H3;3,5,13-15H,4,6-12H2,1-2H3/b;;21-16-;;;/t13?,14-,15-,16?,19-,20+;2*13-,14-,15?,18-,19+;12-,13-,14-,15?,18-,19+;2*13-,14-,15?,18-,19+/m000000/s1. The number of fused-ring (bicyclic) bond motifs is 30. The molecule has 0 bridgehead atoms. The molecule has 0 aromatic heterocycles. The van der Waals surface area contributed by atoms with Gasteiger partial charge in [-0.15, -0.1) is 0 Å². The van der Waals surface area contributed by atoms with Crippen LogP contribution in [0.4, 0.5) is 0 Å². The third-order valence-corrected chi connectivity index (χ3v) is 49.0. The highest BCUT2D eigenvalue weighted by Crippen LogP contribution is 2.69. The Labute approximate surface area is 824 Å². The Balaban J connectivity index is 0.000000104. The van der Waals surface area contributed by atoms with Gasteiger partial charge in [0.15, 0.2) is 0 Å². The number of aliphatic hydroxyl groups is 1. The number of nitrogens with two attached hydrogens (primary N) is 1. The number of aliphatic hydroxyl groups excluding tert-OH is 1. The molecule has 32 atom stereocenters. The number of ketones is 4. The van der Waals surface area contributed by atoms with Crippen molar-refractivity contribution >= 4 is 86.9 Å². The van der Waals surface area contributed by atoms with Gasteiger partial charge in [-0.05, 0) is 424 Å². The molecule has 748 valence electrons. The first-order chi connectivity index (χ1) is 64.1. The molecule has 22 fully saturated rings. The van der Waals surface area contributed by atoms with Crippen LogP contribution in [0.5, 0.6) is 0 Å². The number of halogens is 1. The van der Waals surface area contributed by atoms with Gasteiger partial charge in [-0.3, -0.25) is 47.9 Å². The molecule has 3 N–H and O–H groups in total. The monoisotopic (exact) mass is 1970 g/mol. The number of amides is 6. The lowest BCUT2D eigenvalue weighted by molar-refractivity contribution is -0.154. The molecule has 135 heavy (non-hydrogen) atoms. The van der Waals surface area contributed by atoms with Crippen molar-refractivity contribution < 1.29 is 53.1 Å². The number of carbonyl (C=O) groups excluding carboxylic acids is 10. The molecule has 12 heterocycles. The van der Waals surface area contributed by atoms with Crippen molar-refractivity contribution in [2.24, 2.45) is 156 Å². The summed E-state index contributed by atoms with van der Waals surface area (Å²) < 4.78 is 1.61. The van der Waals surface area contributed by atoms with Gasteiger partial charge in [-0.2, -0.15) is 5.10 Å². The highest BCUT2D eigenvalue weighted by atomic mass is 127. The molecule has 11 saturated carbocycles. The van der Waals surface area contributed by atoms with Crippen molar-refractivity contribution in [3.05, 3.63) is 21.8 Å². The summed E-state index contributed by atoms with van der Waals surface area (Å²) in [5.74, 6) is 21.8. The van der Waals surface area contributed by atoms with E-state index in [9.17, 15) is 53.1 Å². The van der Waals surface area contributed by atoms with Crippen molar-refractivity contribution in [1.82, 2.24) is 29.4 Å². The number of hydrazone groups is 1. The average Bonchev–Trinajstić information content (AvgIpc) is 1.66. The van der Waals surface area contributed by atoms with Crippen molar-refractivity contribution in [2.45, 2.75) is 444 Å². The number of hydrogen-bond donors (Lipinski definition) is 2. The number of piperidine rings is 6. The lowest BCUT2D eigenvalue weighted by Crippen LogP contribution is -2.62. The Hall–Kier alpha value is -4.86. The highest BCUT2D eigenvalue weighted by Gasteiger charge is 2.68. The minimum Gasteiger partial charge on any atom is -0.393 e. The van der Waals surface area contributed by atoms with Crippen LogP contribution in [0.2, 0.25) is 0 Å². The summed E-state index contributed by atoms with van der Waals surface area (Å²) in [6.45, 7) is 35.6. The second kappa shape index (κ2) is 36.8. The van der Waals surface area contributed by atoms with Crippen molar-refractivity contribution in [3.8, 4) is 0 Å². The molecule has 20 heteroatoms. The molecule has 24 rings (SSSR count). The van der Waals surface area contributed by atoms with Crippen molar-refractivity contribution in [3.63, 3.8) is 0 Å². The number of carbonyl (C=O) groups is 10. The van der Waals surface area contributed by atoms with E-state index in [4.69, 9.17) is 5.84 Å². The van der Waals surface area contributed by atoms with Crippen molar-refractivity contribution in [2.75, 3.05) is 39.3 Å². The van der Waals surface area contributed by atoms with Gasteiger partial charge in [-0.1, -0.05) is 79.9 Å². The lowest BCUT2D eigenvalue weighted by atomic mass is 9.53. The van der Waals surface area contributed by atoms with Crippen LogP contribution in [0, 0.1) is 145 Å². The molecular weight excluding hydrogens is 1800 g/mol. The van der Waals surface area contributed by atoms with Gasteiger partial charge in [0.05, 0.1) is 12.5 Å². The Bertz CT molecular complexity index is 4570. The van der Waals surface area contributed by atoms with E-state index in [1.807, 2.05) is 6.08 Å². The minimum absolute atomic E-state index is 0.00350. The minimum atomic E-state index is -0.481. The first-order valence-electron chi connectivity index (χ1n) is 56.1. The number of Topliss-reactive ketones (excluding diaryl/α,β-unsaturated/α-hetero) is 4. The average molecular weight is 1970 g/mol. The second-order valence-corrected chi connectivity index (χ2v) is 53.8. The zero-order valence-electron chi connectivity index (χ0n) is 85.8. The van der Waals surface area contributed by atoms with Crippen molar-refractivity contribution in [1.29, 1.82) is 0 Å². The number of hydrogen-bond acceptors (Lipinski definition) is 13. The molecule has 7 unspecified atom stereocenters. The van der Waals surface area contributed by atoms with E-state index in [2.05, 4.69) is 153 Å². The number of rotatable bonds is 0. The third-order valence-electron chi connectivity index (χ3n) is 47.3. The van der Waals surface area contributed by atoms with Gasteiger partial charge < -0.3 is 40.3 Å². The van der Waals surface area contributed by atoms with E-state index >= 15 is 0 Å². The summed E-state index contributed by atoms with van der Waals surface area (Å²) in [5.41, 5.74) is 1.87. The molecule has 19 nitrogen and oxygen atoms in total. The highest BCUT2D eigenvalue weighted by molar-refractivity contribution is 14.1. The van der Waals surface area contributed by atoms with Gasteiger partial charge in [0, 0.05) is 162 Å². The normalized spacial score (nSPS) is 48.9. The summed E-state index contributed by atoms with van der Waals surface area (Å²) in [5, 5.41) is 14.2. The summed E-state index contributed by atoms with van der Waals surface area (Å²) in [4.78, 5) is 139. The fourth-order valence-corrected chi connectivity index (χ4v) is 40.3. The topological polar surface area (TPSA) is 249 Å². The van der Waals surface area contributed by atoms with E-state index in [0.717, 1.165) is 287 Å². The third kappa shape index (κ3) is 16.0. The first kappa shape index (κ1) is 98.9. The van der Waals surface area contributed by atoms with E-state index in [-0.39, 0.29) is 78.5 Å². The molecule has 24 aliphatic rings. The molecule has 0 radical (unpaired) electrons. The largest absolute Gasteiger partial charge is 0.393 e. The van der Waals surface area contributed by atoms with Crippen LogP contribution in [0.15, 0.2) is 26.9 Å². The Morgan fingerprint density at radius 2 is 0.615 bits per heavy atom. The number of allylic oxidation sites excluding steroid dienone is 3. The Morgan fingerprint density at radius 3 is 0.993 bits per heavy atom. The maximum atomic E-state index is 12.8. The lowest BCUT2D eigenvalue weighted by Gasteiger charge is -2.59. The van der Waals surface area contributed by atoms with Gasteiger partial charge in [-0.25, -0.2) is 0 Å². The van der Waals surface area contributed by atoms with E-state index in [0.29, 0.717) is 135 Å².